The molecule has 1 N–H and O–H groups in total. The zero-order valence-electron chi connectivity index (χ0n) is 18.1. The standard InChI is InChI=1S/C24H25F2N5O/c1-16-3-7-20(8-4-16)29-22-15-23(28-17(2)27-22)30-9-11-31(12-10-30)24(32)13-18-5-6-19(25)14-21(18)26/h3-8,14-15H,9-13H2,1-2H3,(H,27,28,29). The number of benzene rings is 2. The second-order valence-corrected chi connectivity index (χ2v) is 7.93. The molecule has 0 spiro atoms. The van der Waals surface area contributed by atoms with Crippen LogP contribution in [0, 0.1) is 25.5 Å². The normalized spacial score (nSPS) is 13.9. The molecule has 0 bridgehead atoms. The molecular weight excluding hydrogens is 412 g/mol. The molecule has 1 aliphatic heterocycles. The Morgan fingerprint density at radius 1 is 0.969 bits per heavy atom. The van der Waals surface area contributed by atoms with Crippen LogP contribution in [-0.2, 0) is 11.2 Å². The van der Waals surface area contributed by atoms with Crippen molar-refractivity contribution in [1.29, 1.82) is 0 Å². The van der Waals surface area contributed by atoms with Gasteiger partial charge in [-0.3, -0.25) is 4.79 Å². The highest BCUT2D eigenvalue weighted by atomic mass is 19.1. The summed E-state index contributed by atoms with van der Waals surface area (Å²) in [4.78, 5) is 25.4. The van der Waals surface area contributed by atoms with Crippen molar-refractivity contribution >= 4 is 23.2 Å². The van der Waals surface area contributed by atoms with Gasteiger partial charge in [-0.05, 0) is 37.6 Å². The highest BCUT2D eigenvalue weighted by Crippen LogP contribution is 2.22. The van der Waals surface area contributed by atoms with Crippen LogP contribution < -0.4 is 10.2 Å². The minimum Gasteiger partial charge on any atom is -0.353 e. The first kappa shape index (κ1) is 21.7. The predicted octanol–water partition coefficient (Wildman–Crippen LogP) is 4.01. The van der Waals surface area contributed by atoms with Crippen LogP contribution >= 0.6 is 0 Å². The van der Waals surface area contributed by atoms with Gasteiger partial charge in [0.05, 0.1) is 6.42 Å². The summed E-state index contributed by atoms with van der Waals surface area (Å²) in [6, 6.07) is 13.3. The van der Waals surface area contributed by atoms with Gasteiger partial charge in [0.25, 0.3) is 0 Å². The largest absolute Gasteiger partial charge is 0.353 e. The Bertz CT molecular complexity index is 1110. The summed E-state index contributed by atoms with van der Waals surface area (Å²) in [5, 5.41) is 3.31. The van der Waals surface area contributed by atoms with E-state index in [4.69, 9.17) is 0 Å². The molecule has 1 fully saturated rings. The second kappa shape index (κ2) is 9.30. The van der Waals surface area contributed by atoms with Gasteiger partial charge in [-0.1, -0.05) is 23.8 Å². The fourth-order valence-electron chi connectivity index (χ4n) is 3.69. The van der Waals surface area contributed by atoms with Crippen LogP contribution in [0.3, 0.4) is 0 Å². The minimum absolute atomic E-state index is 0.0800. The zero-order chi connectivity index (χ0) is 22.7. The van der Waals surface area contributed by atoms with E-state index in [9.17, 15) is 13.6 Å². The lowest BCUT2D eigenvalue weighted by Gasteiger charge is -2.35. The Hall–Kier alpha value is -3.55. The van der Waals surface area contributed by atoms with E-state index in [1.165, 1.54) is 17.7 Å². The Kier molecular flexibility index (Phi) is 6.30. The van der Waals surface area contributed by atoms with E-state index in [2.05, 4.69) is 20.2 Å². The van der Waals surface area contributed by atoms with Gasteiger partial charge < -0.3 is 15.1 Å². The third-order valence-corrected chi connectivity index (χ3v) is 5.46. The van der Waals surface area contributed by atoms with E-state index < -0.39 is 11.6 Å². The summed E-state index contributed by atoms with van der Waals surface area (Å²) in [6.45, 7) is 6.12. The molecular formula is C24H25F2N5O. The first-order valence-electron chi connectivity index (χ1n) is 10.5. The van der Waals surface area contributed by atoms with E-state index in [1.807, 2.05) is 44.2 Å². The van der Waals surface area contributed by atoms with Crippen LogP contribution in [0.4, 0.5) is 26.1 Å². The summed E-state index contributed by atoms with van der Waals surface area (Å²) in [5.41, 5.74) is 2.34. The summed E-state index contributed by atoms with van der Waals surface area (Å²) in [6.07, 6.45) is -0.0800. The Morgan fingerprint density at radius 3 is 2.38 bits per heavy atom. The number of hydrogen-bond donors (Lipinski definition) is 1. The monoisotopic (exact) mass is 437 g/mol. The van der Waals surface area contributed by atoms with Crippen LogP contribution in [0.2, 0.25) is 0 Å². The number of nitrogens with zero attached hydrogens (tertiary/aromatic N) is 4. The molecule has 32 heavy (non-hydrogen) atoms. The first-order chi connectivity index (χ1) is 15.4. The number of aryl methyl sites for hydroxylation is 2. The van der Waals surface area contributed by atoms with Crippen molar-refractivity contribution in [3.63, 3.8) is 0 Å². The molecule has 166 valence electrons. The van der Waals surface area contributed by atoms with Crippen molar-refractivity contribution in [3.05, 3.63) is 77.1 Å². The van der Waals surface area contributed by atoms with E-state index in [0.717, 1.165) is 17.6 Å². The van der Waals surface area contributed by atoms with Gasteiger partial charge in [0.2, 0.25) is 5.91 Å². The van der Waals surface area contributed by atoms with E-state index in [-0.39, 0.29) is 17.9 Å². The van der Waals surface area contributed by atoms with Crippen LogP contribution in [0.1, 0.15) is 17.0 Å². The van der Waals surface area contributed by atoms with E-state index >= 15 is 0 Å². The van der Waals surface area contributed by atoms with Crippen molar-refractivity contribution in [2.45, 2.75) is 20.3 Å². The number of nitrogens with one attached hydrogen (secondary N) is 1. The van der Waals surface area contributed by atoms with E-state index in [1.54, 1.807) is 4.90 Å². The second-order valence-electron chi connectivity index (χ2n) is 7.93. The van der Waals surface area contributed by atoms with Crippen molar-refractivity contribution in [2.24, 2.45) is 0 Å². The van der Waals surface area contributed by atoms with Gasteiger partial charge in [-0.15, -0.1) is 0 Å². The smallest absolute Gasteiger partial charge is 0.227 e. The van der Waals surface area contributed by atoms with Gasteiger partial charge >= 0.3 is 0 Å². The SMILES string of the molecule is Cc1ccc(Nc2cc(N3CCN(C(=O)Cc4ccc(F)cc4F)CC3)nc(C)n2)cc1. The quantitative estimate of drug-likeness (QED) is 0.654. The molecule has 0 radical (unpaired) electrons. The number of carbonyl (C=O) groups excluding carboxylic acids is 1. The lowest BCUT2D eigenvalue weighted by molar-refractivity contribution is -0.130. The zero-order valence-corrected chi connectivity index (χ0v) is 18.1. The average molecular weight is 437 g/mol. The van der Waals surface area contributed by atoms with Crippen LogP contribution in [-0.4, -0.2) is 47.0 Å². The molecule has 1 saturated heterocycles. The number of anilines is 3. The first-order valence-corrected chi connectivity index (χ1v) is 10.5. The molecule has 1 aliphatic rings. The number of piperazine rings is 1. The maximum atomic E-state index is 13.9. The fourth-order valence-corrected chi connectivity index (χ4v) is 3.69. The number of aromatic nitrogens is 2. The molecule has 0 atom stereocenters. The van der Waals surface area contributed by atoms with Crippen molar-refractivity contribution in [1.82, 2.24) is 14.9 Å². The van der Waals surface area contributed by atoms with E-state index in [0.29, 0.717) is 37.8 Å². The molecule has 0 saturated carbocycles. The van der Waals surface area contributed by atoms with Crippen molar-refractivity contribution in [2.75, 3.05) is 36.4 Å². The number of amides is 1. The molecule has 0 unspecified atom stereocenters. The summed E-state index contributed by atoms with van der Waals surface area (Å²) in [5.74, 6) is 0.648. The molecule has 6 nitrogen and oxygen atoms in total. The van der Waals surface area contributed by atoms with Crippen LogP contribution in [0.15, 0.2) is 48.5 Å². The molecule has 1 amide bonds. The maximum Gasteiger partial charge on any atom is 0.227 e. The third kappa shape index (κ3) is 5.19. The summed E-state index contributed by atoms with van der Waals surface area (Å²) >= 11 is 0. The number of halogens is 2. The van der Waals surface area contributed by atoms with Crippen molar-refractivity contribution < 1.29 is 13.6 Å². The number of rotatable bonds is 5. The molecule has 8 heteroatoms. The fraction of sp³-hybridized carbons (Fsp3) is 0.292. The van der Waals surface area contributed by atoms with Gasteiger partial charge in [0.15, 0.2) is 0 Å². The molecule has 2 heterocycles. The maximum absolute atomic E-state index is 13.9. The van der Waals surface area contributed by atoms with Crippen LogP contribution in [0.5, 0.6) is 0 Å². The molecule has 1 aromatic heterocycles. The third-order valence-electron chi connectivity index (χ3n) is 5.46. The predicted molar refractivity (Wildman–Crippen MR) is 120 cm³/mol. The van der Waals surface area contributed by atoms with Gasteiger partial charge in [-0.2, -0.15) is 0 Å². The number of hydrogen-bond acceptors (Lipinski definition) is 5. The Labute approximate surface area is 185 Å². The highest BCUT2D eigenvalue weighted by Gasteiger charge is 2.23. The lowest BCUT2D eigenvalue weighted by Crippen LogP contribution is -2.49. The molecule has 4 rings (SSSR count). The van der Waals surface area contributed by atoms with Crippen LogP contribution in [0.25, 0.3) is 0 Å². The minimum atomic E-state index is -0.693. The highest BCUT2D eigenvalue weighted by molar-refractivity contribution is 5.79. The topological polar surface area (TPSA) is 61.4 Å². The Balaban J connectivity index is 1.38. The average Bonchev–Trinajstić information content (AvgIpc) is 2.77. The van der Waals surface area contributed by atoms with Gasteiger partial charge in [-0.25, -0.2) is 18.7 Å². The molecule has 2 aromatic carbocycles. The molecule has 3 aromatic rings. The summed E-state index contributed by atoms with van der Waals surface area (Å²) in [7, 11) is 0. The lowest BCUT2D eigenvalue weighted by atomic mass is 10.1. The van der Waals surface area contributed by atoms with Gasteiger partial charge in [0.1, 0.15) is 29.1 Å². The summed E-state index contributed by atoms with van der Waals surface area (Å²) < 4.78 is 27.0. The van der Waals surface area contributed by atoms with Crippen molar-refractivity contribution in [3.8, 4) is 0 Å². The Morgan fingerprint density at radius 2 is 1.69 bits per heavy atom. The molecule has 0 aliphatic carbocycles. The van der Waals surface area contributed by atoms with Gasteiger partial charge in [0, 0.05) is 44.0 Å². The number of carbonyl (C=O) groups is 1.